The van der Waals surface area contributed by atoms with Gasteiger partial charge in [0, 0.05) is 11.8 Å². The Bertz CT molecular complexity index is 488. The average Bonchev–Trinajstić information content (AvgIpc) is 3.00. The summed E-state index contributed by atoms with van der Waals surface area (Å²) in [6, 6.07) is 10.7. The van der Waals surface area contributed by atoms with Crippen LogP contribution < -0.4 is 0 Å². The molecule has 0 amide bonds. The third kappa shape index (κ3) is 2.31. The topological polar surface area (TPSA) is 0 Å². The van der Waals surface area contributed by atoms with Crippen LogP contribution in [0.3, 0.4) is 0 Å². The summed E-state index contributed by atoms with van der Waals surface area (Å²) in [5.41, 5.74) is 2.83. The van der Waals surface area contributed by atoms with Crippen molar-refractivity contribution in [1.82, 2.24) is 0 Å². The zero-order chi connectivity index (χ0) is 11.5. The van der Waals surface area contributed by atoms with Crippen LogP contribution in [0.15, 0.2) is 78.4 Å². The molecule has 0 fully saturated rings. The van der Waals surface area contributed by atoms with Crippen molar-refractivity contribution in [3.05, 3.63) is 84.0 Å². The Labute approximate surface area is 103 Å². The van der Waals surface area contributed by atoms with Gasteiger partial charge in [-0.05, 0) is 17.6 Å². The Kier molecular flexibility index (Phi) is 2.79. The quantitative estimate of drug-likeness (QED) is 0.720. The monoisotopic (exact) mass is 220 g/mol. The van der Waals surface area contributed by atoms with Crippen molar-refractivity contribution in [3.8, 4) is 0 Å². The van der Waals surface area contributed by atoms with E-state index in [1.54, 1.807) is 0 Å². The smallest absolute Gasteiger partial charge is 0.00535 e. The molecule has 0 saturated carbocycles. The summed E-state index contributed by atoms with van der Waals surface area (Å²) < 4.78 is 0. The van der Waals surface area contributed by atoms with Crippen molar-refractivity contribution in [3.63, 3.8) is 0 Å². The minimum absolute atomic E-state index is 0.559. The van der Waals surface area contributed by atoms with Crippen LogP contribution >= 0.6 is 0 Å². The van der Waals surface area contributed by atoms with E-state index in [4.69, 9.17) is 0 Å². The van der Waals surface area contributed by atoms with Gasteiger partial charge in [0.05, 0.1) is 0 Å². The number of hydrogen-bond acceptors (Lipinski definition) is 0. The summed E-state index contributed by atoms with van der Waals surface area (Å²) in [5, 5.41) is 0. The number of hydrogen-bond donors (Lipinski definition) is 0. The van der Waals surface area contributed by atoms with Gasteiger partial charge in [-0.25, -0.2) is 0 Å². The molecular weight excluding hydrogens is 204 g/mol. The van der Waals surface area contributed by atoms with Crippen molar-refractivity contribution in [2.24, 2.45) is 11.8 Å². The summed E-state index contributed by atoms with van der Waals surface area (Å²) in [6.07, 6.45) is 16.9. The minimum atomic E-state index is 0.559. The lowest BCUT2D eigenvalue weighted by molar-refractivity contribution is 0.689. The second kappa shape index (κ2) is 4.58. The van der Waals surface area contributed by atoms with Crippen molar-refractivity contribution in [1.29, 1.82) is 0 Å². The van der Waals surface area contributed by atoms with Crippen molar-refractivity contribution >= 4 is 0 Å². The van der Waals surface area contributed by atoms with Gasteiger partial charge < -0.3 is 0 Å². The van der Waals surface area contributed by atoms with Crippen molar-refractivity contribution < 1.29 is 0 Å². The summed E-state index contributed by atoms with van der Waals surface area (Å²) >= 11 is 0. The molecule has 1 aromatic carbocycles. The first-order chi connectivity index (χ1) is 8.42. The van der Waals surface area contributed by atoms with E-state index >= 15 is 0 Å². The zero-order valence-electron chi connectivity index (χ0n) is 9.79. The van der Waals surface area contributed by atoms with Crippen molar-refractivity contribution in [2.75, 3.05) is 0 Å². The van der Waals surface area contributed by atoms with Crippen LogP contribution in [0.5, 0.6) is 0 Å². The van der Waals surface area contributed by atoms with Gasteiger partial charge in [0.1, 0.15) is 0 Å². The molecule has 2 aliphatic rings. The normalized spacial score (nSPS) is 22.4. The molecule has 0 heterocycles. The fourth-order valence-corrected chi connectivity index (χ4v) is 2.49. The van der Waals surface area contributed by atoms with Crippen LogP contribution in [0.4, 0.5) is 0 Å². The third-order valence-corrected chi connectivity index (χ3v) is 3.41. The Balaban J connectivity index is 1.70. The Morgan fingerprint density at radius 3 is 2.35 bits per heavy atom. The first kappa shape index (κ1) is 10.3. The standard InChI is InChI=1S/C17H16/c1-2-6-14(7-3-1)12-15-10-11-17(13-15)16-8-4-5-9-16/h1-11,13,16-17H,12H2. The van der Waals surface area contributed by atoms with Crippen LogP contribution in [-0.4, -0.2) is 0 Å². The summed E-state index contributed by atoms with van der Waals surface area (Å²) in [7, 11) is 0. The van der Waals surface area contributed by atoms with Gasteiger partial charge in [-0.3, -0.25) is 0 Å². The molecule has 1 unspecified atom stereocenters. The molecular formula is C17H16. The third-order valence-electron chi connectivity index (χ3n) is 3.41. The van der Waals surface area contributed by atoms with E-state index in [2.05, 4.69) is 72.9 Å². The maximum Gasteiger partial charge on any atom is 0.00535 e. The molecule has 0 radical (unpaired) electrons. The van der Waals surface area contributed by atoms with Gasteiger partial charge in [0.2, 0.25) is 0 Å². The van der Waals surface area contributed by atoms with E-state index < -0.39 is 0 Å². The largest absolute Gasteiger partial charge is 0.0767 e. The summed E-state index contributed by atoms with van der Waals surface area (Å²) in [6.45, 7) is 0. The number of allylic oxidation sites excluding steroid dienone is 8. The molecule has 0 bridgehead atoms. The second-order valence-electron chi connectivity index (χ2n) is 4.69. The molecule has 0 nitrogen and oxygen atoms in total. The fraction of sp³-hybridized carbons (Fsp3) is 0.176. The highest BCUT2D eigenvalue weighted by molar-refractivity contribution is 5.37. The van der Waals surface area contributed by atoms with Gasteiger partial charge in [0.25, 0.3) is 0 Å². The van der Waals surface area contributed by atoms with E-state index in [9.17, 15) is 0 Å². The lowest BCUT2D eigenvalue weighted by Crippen LogP contribution is -2.01. The van der Waals surface area contributed by atoms with Crippen LogP contribution in [0.1, 0.15) is 5.56 Å². The second-order valence-corrected chi connectivity index (χ2v) is 4.69. The van der Waals surface area contributed by atoms with Crippen molar-refractivity contribution in [2.45, 2.75) is 6.42 Å². The molecule has 0 aromatic heterocycles. The molecule has 2 aliphatic carbocycles. The van der Waals surface area contributed by atoms with E-state index in [1.165, 1.54) is 11.1 Å². The van der Waals surface area contributed by atoms with Gasteiger partial charge in [0.15, 0.2) is 0 Å². The fourth-order valence-electron chi connectivity index (χ4n) is 2.49. The van der Waals surface area contributed by atoms with Gasteiger partial charge in [-0.2, -0.15) is 0 Å². The number of rotatable bonds is 3. The van der Waals surface area contributed by atoms with Crippen LogP contribution in [0, 0.1) is 11.8 Å². The molecule has 17 heavy (non-hydrogen) atoms. The SMILES string of the molecule is C1=CC(C2C=CC(Cc3ccccc3)=C2)C=C1. The first-order valence-electron chi connectivity index (χ1n) is 6.20. The molecule has 1 aromatic rings. The molecule has 3 rings (SSSR count). The Hall–Kier alpha value is -1.82. The molecule has 84 valence electrons. The van der Waals surface area contributed by atoms with Crippen LogP contribution in [0.2, 0.25) is 0 Å². The molecule has 0 heteroatoms. The van der Waals surface area contributed by atoms with E-state index in [0.717, 1.165) is 6.42 Å². The van der Waals surface area contributed by atoms with E-state index in [-0.39, 0.29) is 0 Å². The first-order valence-corrected chi connectivity index (χ1v) is 6.20. The minimum Gasteiger partial charge on any atom is -0.0767 e. The summed E-state index contributed by atoms with van der Waals surface area (Å²) in [5.74, 6) is 1.13. The lowest BCUT2D eigenvalue weighted by atomic mass is 9.95. The van der Waals surface area contributed by atoms with E-state index in [1.807, 2.05) is 0 Å². The maximum atomic E-state index is 2.40. The predicted molar refractivity (Wildman–Crippen MR) is 72.6 cm³/mol. The number of benzene rings is 1. The van der Waals surface area contributed by atoms with Gasteiger partial charge in [-0.15, -0.1) is 0 Å². The maximum absolute atomic E-state index is 2.40. The highest BCUT2D eigenvalue weighted by atomic mass is 14.2. The van der Waals surface area contributed by atoms with E-state index in [0.29, 0.717) is 11.8 Å². The molecule has 0 aliphatic heterocycles. The highest BCUT2D eigenvalue weighted by Crippen LogP contribution is 2.29. The molecule has 1 atom stereocenters. The lowest BCUT2D eigenvalue weighted by Gasteiger charge is -2.09. The highest BCUT2D eigenvalue weighted by Gasteiger charge is 2.17. The average molecular weight is 220 g/mol. The Morgan fingerprint density at radius 2 is 1.59 bits per heavy atom. The van der Waals surface area contributed by atoms with Crippen LogP contribution in [0.25, 0.3) is 0 Å². The van der Waals surface area contributed by atoms with Crippen LogP contribution in [-0.2, 0) is 6.42 Å². The molecule has 0 N–H and O–H groups in total. The molecule has 0 spiro atoms. The molecule has 0 saturated heterocycles. The zero-order valence-corrected chi connectivity index (χ0v) is 9.79. The van der Waals surface area contributed by atoms with Gasteiger partial charge >= 0.3 is 0 Å². The summed E-state index contributed by atoms with van der Waals surface area (Å²) in [4.78, 5) is 0. The predicted octanol–water partition coefficient (Wildman–Crippen LogP) is 4.08. The Morgan fingerprint density at radius 1 is 0.824 bits per heavy atom. The van der Waals surface area contributed by atoms with Gasteiger partial charge in [-0.1, -0.05) is 72.9 Å².